The Kier molecular flexibility index (Phi) is 10.9. The smallest absolute Gasteiger partial charge is 0.324 e. The fraction of sp³-hybridized carbons (Fsp3) is 0.216. The first-order valence-electron chi connectivity index (χ1n) is 21.3. The van der Waals surface area contributed by atoms with Crippen LogP contribution in [0.5, 0.6) is 5.75 Å². The SMILES string of the molecule is O=C1O[C@H](c2ccccc2)[C@H](c2ccccc2)N2[C@H]1[C@@H](C(=O)NCCc1ccccn1)[C@]1(C(=O)Nc3ccc(C#CCn4nnc5ccccc54)cc31)[C@H]2c1cccc(OCCO)c1. The van der Waals surface area contributed by atoms with Crippen molar-refractivity contribution >= 4 is 34.5 Å². The minimum atomic E-state index is -1.72. The van der Waals surface area contributed by atoms with E-state index in [1.54, 1.807) is 16.9 Å². The number of benzene rings is 5. The molecule has 0 bridgehead atoms. The molecule has 0 radical (unpaired) electrons. The molecule has 2 amide bonds. The number of aliphatic hydroxyl groups is 1. The lowest BCUT2D eigenvalue weighted by Crippen LogP contribution is -2.55. The van der Waals surface area contributed by atoms with E-state index in [0.29, 0.717) is 34.5 Å². The Labute approximate surface area is 369 Å². The first kappa shape index (κ1) is 40.4. The van der Waals surface area contributed by atoms with Gasteiger partial charge in [-0.1, -0.05) is 108 Å². The van der Waals surface area contributed by atoms with E-state index in [1.807, 2.05) is 144 Å². The number of carbonyl (C=O) groups is 3. The summed E-state index contributed by atoms with van der Waals surface area (Å²) in [4.78, 5) is 52.6. The Morgan fingerprint density at radius 1 is 0.844 bits per heavy atom. The zero-order valence-corrected chi connectivity index (χ0v) is 34.6. The number of aliphatic hydroxyl groups excluding tert-OH is 1. The number of amides is 2. The van der Waals surface area contributed by atoms with Gasteiger partial charge < -0.3 is 25.2 Å². The van der Waals surface area contributed by atoms with Crippen LogP contribution in [0.1, 0.15) is 51.7 Å². The summed E-state index contributed by atoms with van der Waals surface area (Å²) in [6.07, 6.45) is 1.30. The molecule has 7 aromatic rings. The van der Waals surface area contributed by atoms with E-state index in [-0.39, 0.29) is 26.3 Å². The first-order chi connectivity index (χ1) is 31.4. The maximum atomic E-state index is 15.6. The van der Waals surface area contributed by atoms with Gasteiger partial charge in [0.25, 0.3) is 0 Å². The lowest BCUT2D eigenvalue weighted by atomic mass is 9.65. The van der Waals surface area contributed by atoms with Gasteiger partial charge in [0.15, 0.2) is 0 Å². The molecule has 64 heavy (non-hydrogen) atoms. The van der Waals surface area contributed by atoms with Gasteiger partial charge in [-0.15, -0.1) is 5.10 Å². The Morgan fingerprint density at radius 2 is 1.61 bits per heavy atom. The summed E-state index contributed by atoms with van der Waals surface area (Å²) in [5.74, 6) is 4.11. The summed E-state index contributed by atoms with van der Waals surface area (Å²) in [5, 5.41) is 24.6. The summed E-state index contributed by atoms with van der Waals surface area (Å²) in [7, 11) is 0. The number of fused-ring (bicyclic) bond motifs is 4. The predicted molar refractivity (Wildman–Crippen MR) is 237 cm³/mol. The maximum absolute atomic E-state index is 15.6. The number of pyridine rings is 1. The van der Waals surface area contributed by atoms with Crippen LogP contribution in [0.15, 0.2) is 152 Å². The number of ether oxygens (including phenoxy) is 2. The zero-order chi connectivity index (χ0) is 43.6. The van der Waals surface area contributed by atoms with E-state index in [9.17, 15) is 5.11 Å². The summed E-state index contributed by atoms with van der Waals surface area (Å²) in [6.45, 7) is 0.286. The summed E-state index contributed by atoms with van der Waals surface area (Å²) >= 11 is 0. The minimum absolute atomic E-state index is 0.0394. The van der Waals surface area contributed by atoms with Crippen LogP contribution in [0.3, 0.4) is 0 Å². The van der Waals surface area contributed by atoms with Crippen LogP contribution in [0, 0.1) is 17.8 Å². The van der Waals surface area contributed by atoms with Gasteiger partial charge in [-0.05, 0) is 76.9 Å². The van der Waals surface area contributed by atoms with Gasteiger partial charge in [0.1, 0.15) is 42.0 Å². The van der Waals surface area contributed by atoms with Crippen LogP contribution in [-0.4, -0.2) is 73.6 Å². The number of morpholine rings is 1. The fourth-order valence-electron chi connectivity index (χ4n) is 9.83. The molecule has 3 aliphatic heterocycles. The van der Waals surface area contributed by atoms with Crippen molar-refractivity contribution in [1.82, 2.24) is 30.2 Å². The molecule has 5 heterocycles. The molecule has 13 nitrogen and oxygen atoms in total. The second-order valence-corrected chi connectivity index (χ2v) is 16.0. The van der Waals surface area contributed by atoms with Crippen molar-refractivity contribution in [2.75, 3.05) is 25.1 Å². The molecule has 1 spiro atoms. The fourth-order valence-corrected chi connectivity index (χ4v) is 9.83. The van der Waals surface area contributed by atoms with Gasteiger partial charge in [0.2, 0.25) is 11.8 Å². The lowest BCUT2D eigenvalue weighted by Gasteiger charge is -2.46. The van der Waals surface area contributed by atoms with E-state index in [1.165, 1.54) is 0 Å². The van der Waals surface area contributed by atoms with Crippen LogP contribution in [0.4, 0.5) is 5.69 Å². The van der Waals surface area contributed by atoms with Crippen molar-refractivity contribution in [3.05, 3.63) is 185 Å². The second kappa shape index (κ2) is 17.2. The average molecular weight is 850 g/mol. The Balaban J connectivity index is 1.17. The molecule has 0 unspecified atom stereocenters. The van der Waals surface area contributed by atoms with Crippen LogP contribution in [0.25, 0.3) is 11.0 Å². The minimum Gasteiger partial charge on any atom is -0.491 e. The normalized spacial score (nSPS) is 22.2. The largest absolute Gasteiger partial charge is 0.491 e. The summed E-state index contributed by atoms with van der Waals surface area (Å²) in [5.41, 5.74) is 4.51. The van der Waals surface area contributed by atoms with E-state index in [4.69, 9.17) is 9.47 Å². The molecular weight excluding hydrogens is 807 g/mol. The number of carbonyl (C=O) groups excluding carboxylic acids is 3. The van der Waals surface area contributed by atoms with Crippen LogP contribution < -0.4 is 15.4 Å². The Bertz CT molecular complexity index is 2920. The number of cyclic esters (lactones) is 1. The van der Waals surface area contributed by atoms with Crippen molar-refractivity contribution in [2.45, 2.75) is 42.6 Å². The molecule has 13 heteroatoms. The van der Waals surface area contributed by atoms with Gasteiger partial charge in [0, 0.05) is 36.1 Å². The molecule has 0 saturated carbocycles. The molecule has 6 atom stereocenters. The molecule has 3 aliphatic rings. The lowest BCUT2D eigenvalue weighted by molar-refractivity contribution is -0.178. The number of nitrogens with zero attached hydrogens (tertiary/aromatic N) is 5. The number of nitrogens with one attached hydrogen (secondary N) is 2. The quantitative estimate of drug-likeness (QED) is 0.106. The highest BCUT2D eigenvalue weighted by molar-refractivity contribution is 6.12. The molecule has 0 aliphatic carbocycles. The van der Waals surface area contributed by atoms with E-state index in [0.717, 1.165) is 27.9 Å². The third-order valence-electron chi connectivity index (χ3n) is 12.4. The van der Waals surface area contributed by atoms with E-state index in [2.05, 4.69) is 37.8 Å². The molecular formula is C51H43N7O6. The third kappa shape index (κ3) is 7.12. The number of rotatable bonds is 11. The van der Waals surface area contributed by atoms with Gasteiger partial charge in [-0.3, -0.25) is 24.3 Å². The predicted octanol–water partition coefficient (Wildman–Crippen LogP) is 5.88. The van der Waals surface area contributed by atoms with Gasteiger partial charge >= 0.3 is 5.97 Å². The molecule has 2 fully saturated rings. The number of aromatic nitrogens is 4. The monoisotopic (exact) mass is 849 g/mol. The second-order valence-electron chi connectivity index (χ2n) is 16.0. The number of hydrogen-bond acceptors (Lipinski definition) is 10. The molecule has 10 rings (SSSR count). The van der Waals surface area contributed by atoms with E-state index >= 15 is 14.4 Å². The maximum Gasteiger partial charge on any atom is 0.324 e. The first-order valence-corrected chi connectivity index (χ1v) is 21.3. The average Bonchev–Trinajstić information content (AvgIpc) is 3.99. The molecule has 318 valence electrons. The van der Waals surface area contributed by atoms with Crippen LogP contribution in [-0.2, 0) is 37.5 Å². The van der Waals surface area contributed by atoms with Crippen molar-refractivity contribution in [1.29, 1.82) is 0 Å². The van der Waals surface area contributed by atoms with Crippen molar-refractivity contribution < 1.29 is 29.0 Å². The van der Waals surface area contributed by atoms with Crippen molar-refractivity contribution in [3.8, 4) is 17.6 Å². The van der Waals surface area contributed by atoms with Crippen LogP contribution >= 0.6 is 0 Å². The molecule has 5 aromatic carbocycles. The number of para-hydroxylation sites is 1. The standard InChI is InChI=1S/C51H43N7O6/c59-29-30-63-38-20-11-18-36(32-38)47-51(39-31-33(23-24-40(39)54-50(51)62)13-12-28-57-42-22-8-7-21-41(42)55-56-57)43(48(60)53-27-25-37-19-9-10-26-52-37)45-49(61)64-46(35-16-5-2-6-17-35)44(58(45)47)34-14-3-1-4-15-34/h1-11,14-24,26,31-32,43-47,59H,25,27-30H2,(H,53,60)(H,54,62)/t43-,44-,45-,46+,47+,51-/m0/s1. The molecule has 2 aromatic heterocycles. The summed E-state index contributed by atoms with van der Waals surface area (Å²) in [6, 6.07) is 42.5. The van der Waals surface area contributed by atoms with Gasteiger partial charge in [-0.2, -0.15) is 0 Å². The number of esters is 1. The number of anilines is 1. The Hall–Kier alpha value is -7.66. The summed E-state index contributed by atoms with van der Waals surface area (Å²) < 4.78 is 14.2. The van der Waals surface area contributed by atoms with Crippen LogP contribution in [0.2, 0.25) is 0 Å². The highest BCUT2D eigenvalue weighted by atomic mass is 16.6. The van der Waals surface area contributed by atoms with Crippen molar-refractivity contribution in [3.63, 3.8) is 0 Å². The molecule has 3 N–H and O–H groups in total. The highest BCUT2D eigenvalue weighted by Crippen LogP contribution is 2.65. The highest BCUT2D eigenvalue weighted by Gasteiger charge is 2.74. The third-order valence-corrected chi connectivity index (χ3v) is 12.4. The van der Waals surface area contributed by atoms with E-state index < -0.39 is 53.3 Å². The number of hydrogen-bond donors (Lipinski definition) is 3. The zero-order valence-electron chi connectivity index (χ0n) is 34.6. The topological polar surface area (TPSA) is 161 Å². The molecule has 2 saturated heterocycles. The van der Waals surface area contributed by atoms with Crippen molar-refractivity contribution in [2.24, 2.45) is 5.92 Å². The van der Waals surface area contributed by atoms with Gasteiger partial charge in [0.05, 0.1) is 30.1 Å². The van der Waals surface area contributed by atoms with Gasteiger partial charge in [-0.25, -0.2) is 4.68 Å². The Morgan fingerprint density at radius 3 is 2.41 bits per heavy atom.